The lowest BCUT2D eigenvalue weighted by Gasteiger charge is -2.27. The Labute approximate surface area is 224 Å². The van der Waals surface area contributed by atoms with Crippen molar-refractivity contribution in [1.82, 2.24) is 4.90 Å². The summed E-state index contributed by atoms with van der Waals surface area (Å²) in [5.41, 5.74) is 0.902. The van der Waals surface area contributed by atoms with Crippen LogP contribution in [0.4, 0.5) is 0 Å². The number of rotatable bonds is 10. The van der Waals surface area contributed by atoms with Gasteiger partial charge in [-0.3, -0.25) is 9.59 Å². The molecule has 1 aromatic heterocycles. The number of ketones is 1. The van der Waals surface area contributed by atoms with Crippen LogP contribution in [0.2, 0.25) is 0 Å². The Morgan fingerprint density at radius 3 is 2.33 bits per heavy atom. The van der Waals surface area contributed by atoms with Crippen LogP contribution in [0.3, 0.4) is 0 Å². The van der Waals surface area contributed by atoms with Gasteiger partial charge in [-0.1, -0.05) is 24.3 Å². The second-order valence-corrected chi connectivity index (χ2v) is 8.78. The van der Waals surface area contributed by atoms with Gasteiger partial charge in [0.2, 0.25) is 5.78 Å². The van der Waals surface area contributed by atoms with E-state index < -0.39 is 23.5 Å². The number of carbonyl (C=O) groups is 2. The molecule has 1 unspecified atom stereocenters. The van der Waals surface area contributed by atoms with Crippen molar-refractivity contribution in [2.45, 2.75) is 6.04 Å². The topological polar surface area (TPSA) is 108 Å². The second kappa shape index (κ2) is 10.8. The number of aliphatic hydroxyl groups excluding tert-OH is 1. The van der Waals surface area contributed by atoms with E-state index in [1.165, 1.54) is 19.1 Å². The van der Waals surface area contributed by atoms with Crippen molar-refractivity contribution in [3.63, 3.8) is 0 Å². The van der Waals surface area contributed by atoms with Crippen molar-refractivity contribution in [2.75, 3.05) is 34.5 Å². The number of hydrogen-bond acceptors (Lipinski definition) is 8. The number of fused-ring (bicyclic) bond motifs is 1. The molecule has 0 saturated heterocycles. The molecule has 0 saturated carbocycles. The third kappa shape index (κ3) is 4.86. The second-order valence-electron chi connectivity index (χ2n) is 8.78. The Hall–Kier alpha value is -4.92. The van der Waals surface area contributed by atoms with Gasteiger partial charge in [0.15, 0.2) is 22.9 Å². The summed E-state index contributed by atoms with van der Waals surface area (Å²) in [4.78, 5) is 28.5. The number of Topliss-reactive ketones (excluding diaryl/α,β-unsaturated/α-hetero) is 1. The molecule has 5 rings (SSSR count). The number of amides is 1. The molecule has 0 radical (unpaired) electrons. The monoisotopic (exact) mass is 529 g/mol. The molecule has 0 aliphatic carbocycles. The molecule has 39 heavy (non-hydrogen) atoms. The van der Waals surface area contributed by atoms with Crippen LogP contribution in [-0.2, 0) is 4.79 Å². The molecule has 0 bridgehead atoms. The molecule has 0 spiro atoms. The maximum Gasteiger partial charge on any atom is 0.290 e. The van der Waals surface area contributed by atoms with Gasteiger partial charge in [-0.05, 0) is 54.1 Å². The van der Waals surface area contributed by atoms with E-state index in [2.05, 4.69) is 0 Å². The van der Waals surface area contributed by atoms with Crippen molar-refractivity contribution >= 4 is 22.7 Å². The first-order valence-electron chi connectivity index (χ1n) is 12.2. The van der Waals surface area contributed by atoms with Gasteiger partial charge >= 0.3 is 0 Å². The fourth-order valence-electron chi connectivity index (χ4n) is 4.65. The average Bonchev–Trinajstić information content (AvgIpc) is 3.52. The maximum absolute atomic E-state index is 13.8. The number of hydrogen-bond donors (Lipinski definition) is 1. The van der Waals surface area contributed by atoms with Crippen molar-refractivity contribution in [2.24, 2.45) is 0 Å². The van der Waals surface area contributed by atoms with Crippen LogP contribution in [0.25, 0.3) is 11.0 Å². The Bertz CT molecular complexity index is 1550. The van der Waals surface area contributed by atoms with E-state index in [9.17, 15) is 14.7 Å². The highest BCUT2D eigenvalue weighted by Crippen LogP contribution is 2.41. The number of benzene rings is 3. The lowest BCUT2D eigenvalue weighted by atomic mass is 9.95. The molecule has 4 aromatic rings. The van der Waals surface area contributed by atoms with Crippen molar-refractivity contribution in [3.8, 4) is 23.0 Å². The average molecular weight is 530 g/mol. The van der Waals surface area contributed by atoms with Gasteiger partial charge in [0, 0.05) is 5.39 Å². The molecule has 1 atom stereocenters. The third-order valence-corrected chi connectivity index (χ3v) is 6.57. The highest BCUT2D eigenvalue weighted by molar-refractivity contribution is 6.16. The molecular formula is C30H27NO8. The molecule has 1 amide bonds. The highest BCUT2D eigenvalue weighted by Gasteiger charge is 2.44. The number of aliphatic hydroxyl groups is 1. The summed E-state index contributed by atoms with van der Waals surface area (Å²) in [7, 11) is 4.61. The maximum atomic E-state index is 13.8. The fraction of sp³-hybridized carbons (Fsp3) is 0.200. The van der Waals surface area contributed by atoms with Gasteiger partial charge in [-0.15, -0.1) is 0 Å². The number of methoxy groups -OCH3 is 3. The van der Waals surface area contributed by atoms with E-state index >= 15 is 0 Å². The van der Waals surface area contributed by atoms with Crippen molar-refractivity contribution in [1.29, 1.82) is 0 Å². The highest BCUT2D eigenvalue weighted by atomic mass is 16.5. The van der Waals surface area contributed by atoms with E-state index in [-0.39, 0.29) is 24.5 Å². The first kappa shape index (κ1) is 25.7. The molecule has 1 aliphatic heterocycles. The van der Waals surface area contributed by atoms with Crippen LogP contribution in [-0.4, -0.2) is 56.2 Å². The summed E-state index contributed by atoms with van der Waals surface area (Å²) in [6.45, 7) is 0.219. The number of furan rings is 1. The summed E-state index contributed by atoms with van der Waals surface area (Å²) in [5.74, 6) is 0.345. The molecule has 9 heteroatoms. The van der Waals surface area contributed by atoms with E-state index in [1.807, 2.05) is 0 Å². The summed E-state index contributed by atoms with van der Waals surface area (Å²) >= 11 is 0. The van der Waals surface area contributed by atoms with Crippen molar-refractivity contribution < 1.29 is 38.1 Å². The zero-order valence-corrected chi connectivity index (χ0v) is 21.7. The molecule has 9 nitrogen and oxygen atoms in total. The lowest BCUT2D eigenvalue weighted by Crippen LogP contribution is -2.34. The first-order chi connectivity index (χ1) is 18.9. The minimum Gasteiger partial charge on any atom is -0.503 e. The van der Waals surface area contributed by atoms with E-state index in [0.29, 0.717) is 39.5 Å². The van der Waals surface area contributed by atoms with Gasteiger partial charge < -0.3 is 33.4 Å². The zero-order chi connectivity index (χ0) is 27.5. The largest absolute Gasteiger partial charge is 0.503 e. The molecule has 0 fully saturated rings. The summed E-state index contributed by atoms with van der Waals surface area (Å²) in [6, 6.07) is 20.0. The summed E-state index contributed by atoms with van der Waals surface area (Å²) in [5, 5.41) is 11.6. The van der Waals surface area contributed by atoms with E-state index in [1.54, 1.807) is 79.9 Å². The molecule has 1 N–H and O–H groups in total. The summed E-state index contributed by atoms with van der Waals surface area (Å²) in [6.07, 6.45) is 0. The molecule has 3 aromatic carbocycles. The molecule has 1 aliphatic rings. The normalized spacial score (nSPS) is 15.1. The standard InChI is InChI=1S/C30H27NO8/c1-35-20-10-12-21(13-11-20)38-15-14-31-26(18-6-4-8-22(16-18)36-2)25(28(33)30(31)34)27(32)24-17-19-7-5-9-23(37-3)29(19)39-24/h4-13,16-17,26,33H,14-15H2,1-3H3. The zero-order valence-electron chi connectivity index (χ0n) is 21.7. The smallest absolute Gasteiger partial charge is 0.290 e. The van der Waals surface area contributed by atoms with E-state index in [0.717, 1.165) is 0 Å². The number of ether oxygens (including phenoxy) is 4. The number of carbonyl (C=O) groups excluding carboxylic acids is 2. The van der Waals surface area contributed by atoms with Gasteiger partial charge in [-0.2, -0.15) is 0 Å². The predicted molar refractivity (Wildman–Crippen MR) is 143 cm³/mol. The Morgan fingerprint density at radius 2 is 1.62 bits per heavy atom. The summed E-state index contributed by atoms with van der Waals surface area (Å²) < 4.78 is 27.6. The van der Waals surface area contributed by atoms with Gasteiger partial charge in [0.25, 0.3) is 5.91 Å². The van der Waals surface area contributed by atoms with Crippen LogP contribution in [0, 0.1) is 0 Å². The number of nitrogens with zero attached hydrogens (tertiary/aromatic N) is 1. The van der Waals surface area contributed by atoms with Crippen LogP contribution in [0.5, 0.6) is 23.0 Å². The molecule has 200 valence electrons. The van der Waals surface area contributed by atoms with Crippen LogP contribution in [0.15, 0.2) is 88.5 Å². The van der Waals surface area contributed by atoms with E-state index in [4.69, 9.17) is 23.4 Å². The molecule has 2 heterocycles. The van der Waals surface area contributed by atoms with Crippen LogP contribution < -0.4 is 18.9 Å². The van der Waals surface area contributed by atoms with Gasteiger partial charge in [0.1, 0.15) is 23.9 Å². The SMILES string of the molecule is COc1ccc(OCCN2C(=O)C(O)=C(C(=O)c3cc4cccc(OC)c4o3)C2c2cccc(OC)c2)cc1. The first-order valence-corrected chi connectivity index (χ1v) is 12.2. The third-order valence-electron chi connectivity index (χ3n) is 6.57. The Balaban J connectivity index is 1.48. The Kier molecular flexibility index (Phi) is 7.14. The van der Waals surface area contributed by atoms with Crippen LogP contribution in [0.1, 0.15) is 22.2 Å². The van der Waals surface area contributed by atoms with Crippen molar-refractivity contribution in [3.05, 3.63) is 95.5 Å². The minimum absolute atomic E-state index is 0.0203. The quantitative estimate of drug-likeness (QED) is 0.282. The van der Waals surface area contributed by atoms with Gasteiger partial charge in [0.05, 0.1) is 39.5 Å². The lowest BCUT2D eigenvalue weighted by molar-refractivity contribution is -0.129. The predicted octanol–water partition coefficient (Wildman–Crippen LogP) is 5.12. The molecular weight excluding hydrogens is 502 g/mol. The van der Waals surface area contributed by atoms with Gasteiger partial charge in [-0.25, -0.2) is 0 Å². The van der Waals surface area contributed by atoms with Crippen LogP contribution >= 0.6 is 0 Å². The fourth-order valence-corrected chi connectivity index (χ4v) is 4.65. The Morgan fingerprint density at radius 1 is 0.897 bits per heavy atom. The number of para-hydroxylation sites is 1. The minimum atomic E-state index is -0.894.